The van der Waals surface area contributed by atoms with Gasteiger partial charge in [-0.2, -0.15) is 0 Å². The van der Waals surface area contributed by atoms with Crippen molar-refractivity contribution >= 4 is 11.9 Å². The molecule has 1 heterocycles. The van der Waals surface area contributed by atoms with E-state index >= 15 is 0 Å². The summed E-state index contributed by atoms with van der Waals surface area (Å²) in [4.78, 5) is 31.9. The summed E-state index contributed by atoms with van der Waals surface area (Å²) in [6.07, 6.45) is 4.22. The van der Waals surface area contributed by atoms with Crippen LogP contribution in [0, 0.1) is 0 Å². The van der Waals surface area contributed by atoms with E-state index in [0.29, 0.717) is 5.56 Å². The van der Waals surface area contributed by atoms with E-state index in [1.165, 1.54) is 18.6 Å². The Hall–Kier alpha value is -2.76. The molecule has 1 atom stereocenters. The third kappa shape index (κ3) is 3.85. The zero-order chi connectivity index (χ0) is 15.1. The number of carbonyl (C=O) groups is 2. The van der Waals surface area contributed by atoms with Crippen LogP contribution in [0.4, 0.5) is 0 Å². The number of carbonyl (C=O) groups excluding carboxylic acids is 2. The topological polar surface area (TPSA) is 81.2 Å². The molecule has 0 radical (unpaired) electrons. The minimum Gasteiger partial charge on any atom is -0.464 e. The highest BCUT2D eigenvalue weighted by Crippen LogP contribution is 2.15. The molecule has 21 heavy (non-hydrogen) atoms. The predicted molar refractivity (Wildman–Crippen MR) is 75.3 cm³/mol. The van der Waals surface area contributed by atoms with Gasteiger partial charge < -0.3 is 10.1 Å². The van der Waals surface area contributed by atoms with E-state index in [4.69, 9.17) is 4.74 Å². The molecule has 0 bridgehead atoms. The lowest BCUT2D eigenvalue weighted by atomic mass is 10.1. The SMILES string of the molecule is CCOC(=O)C(NC(=O)c1cnccn1)c1ccccc1. The Balaban J connectivity index is 2.20. The first-order chi connectivity index (χ1) is 10.2. The van der Waals surface area contributed by atoms with E-state index < -0.39 is 17.9 Å². The van der Waals surface area contributed by atoms with Crippen molar-refractivity contribution in [2.75, 3.05) is 6.61 Å². The average molecular weight is 285 g/mol. The van der Waals surface area contributed by atoms with E-state index in [9.17, 15) is 9.59 Å². The zero-order valence-corrected chi connectivity index (χ0v) is 11.5. The molecular formula is C15H15N3O3. The maximum Gasteiger partial charge on any atom is 0.333 e. The Kier molecular flexibility index (Phi) is 4.98. The number of nitrogens with zero attached hydrogens (tertiary/aromatic N) is 2. The molecule has 6 heteroatoms. The molecule has 108 valence electrons. The maximum absolute atomic E-state index is 12.1. The zero-order valence-electron chi connectivity index (χ0n) is 11.5. The largest absolute Gasteiger partial charge is 0.464 e. The molecule has 0 saturated heterocycles. The molecule has 1 aromatic heterocycles. The van der Waals surface area contributed by atoms with E-state index in [2.05, 4.69) is 15.3 Å². The van der Waals surface area contributed by atoms with Crippen molar-refractivity contribution in [3.63, 3.8) is 0 Å². The standard InChI is InChI=1S/C15H15N3O3/c1-2-21-15(20)13(11-6-4-3-5-7-11)18-14(19)12-10-16-8-9-17-12/h3-10,13H,2H2,1H3,(H,18,19). The van der Waals surface area contributed by atoms with E-state index in [-0.39, 0.29) is 12.3 Å². The number of amides is 1. The first kappa shape index (κ1) is 14.6. The quantitative estimate of drug-likeness (QED) is 0.842. The Morgan fingerprint density at radius 1 is 1.24 bits per heavy atom. The van der Waals surface area contributed by atoms with Crippen molar-refractivity contribution in [2.45, 2.75) is 13.0 Å². The number of hydrogen-bond acceptors (Lipinski definition) is 5. The van der Waals surface area contributed by atoms with Gasteiger partial charge in [0.2, 0.25) is 0 Å². The van der Waals surface area contributed by atoms with Crippen LogP contribution < -0.4 is 5.32 Å². The summed E-state index contributed by atoms with van der Waals surface area (Å²) < 4.78 is 5.01. The van der Waals surface area contributed by atoms with Crippen molar-refractivity contribution in [3.8, 4) is 0 Å². The van der Waals surface area contributed by atoms with Crippen molar-refractivity contribution in [1.29, 1.82) is 0 Å². The van der Waals surface area contributed by atoms with E-state index in [1.807, 2.05) is 6.07 Å². The molecule has 0 saturated carbocycles. The molecular weight excluding hydrogens is 270 g/mol. The number of hydrogen-bond donors (Lipinski definition) is 1. The summed E-state index contributed by atoms with van der Waals surface area (Å²) in [5, 5.41) is 2.62. The minimum absolute atomic E-state index is 0.141. The minimum atomic E-state index is -0.874. The first-order valence-electron chi connectivity index (χ1n) is 6.51. The van der Waals surface area contributed by atoms with Gasteiger partial charge in [-0.05, 0) is 12.5 Å². The molecule has 0 fully saturated rings. The van der Waals surface area contributed by atoms with Gasteiger partial charge in [0.1, 0.15) is 5.69 Å². The number of esters is 1. The smallest absolute Gasteiger partial charge is 0.333 e. The second-order valence-electron chi connectivity index (χ2n) is 4.16. The second kappa shape index (κ2) is 7.14. The Morgan fingerprint density at radius 2 is 2.00 bits per heavy atom. The molecule has 0 aliphatic rings. The highest BCUT2D eigenvalue weighted by molar-refractivity contribution is 5.95. The lowest BCUT2D eigenvalue weighted by Gasteiger charge is -2.17. The molecule has 1 amide bonds. The highest BCUT2D eigenvalue weighted by Gasteiger charge is 2.24. The van der Waals surface area contributed by atoms with Crippen LogP contribution in [-0.4, -0.2) is 28.5 Å². The van der Waals surface area contributed by atoms with Crippen LogP contribution in [0.2, 0.25) is 0 Å². The maximum atomic E-state index is 12.1. The number of nitrogens with one attached hydrogen (secondary N) is 1. The summed E-state index contributed by atoms with van der Waals surface area (Å²) in [6.45, 7) is 1.95. The number of ether oxygens (including phenoxy) is 1. The normalized spacial score (nSPS) is 11.5. The molecule has 0 spiro atoms. The van der Waals surface area contributed by atoms with Crippen LogP contribution >= 0.6 is 0 Å². The average Bonchev–Trinajstić information content (AvgIpc) is 2.54. The predicted octanol–water partition coefficient (Wildman–Crippen LogP) is 1.51. The highest BCUT2D eigenvalue weighted by atomic mass is 16.5. The van der Waals surface area contributed by atoms with E-state index in [1.54, 1.807) is 31.2 Å². The van der Waals surface area contributed by atoms with Crippen LogP contribution in [0.15, 0.2) is 48.9 Å². The summed E-state index contributed by atoms with van der Waals surface area (Å²) in [7, 11) is 0. The molecule has 1 unspecified atom stereocenters. The molecule has 0 aliphatic heterocycles. The lowest BCUT2D eigenvalue weighted by molar-refractivity contribution is -0.145. The number of rotatable bonds is 5. The summed E-state index contributed by atoms with van der Waals surface area (Å²) in [5.41, 5.74) is 0.788. The summed E-state index contributed by atoms with van der Waals surface area (Å²) in [5.74, 6) is -0.994. The van der Waals surface area contributed by atoms with Gasteiger partial charge in [-0.1, -0.05) is 30.3 Å². The van der Waals surface area contributed by atoms with Crippen molar-refractivity contribution < 1.29 is 14.3 Å². The Bertz CT molecular complexity index is 602. The van der Waals surface area contributed by atoms with Gasteiger partial charge >= 0.3 is 5.97 Å². The lowest BCUT2D eigenvalue weighted by Crippen LogP contribution is -2.35. The van der Waals surface area contributed by atoms with Crippen molar-refractivity contribution in [1.82, 2.24) is 15.3 Å². The fraction of sp³-hybridized carbons (Fsp3) is 0.200. The first-order valence-corrected chi connectivity index (χ1v) is 6.51. The second-order valence-corrected chi connectivity index (χ2v) is 4.16. The molecule has 2 aromatic rings. The monoisotopic (exact) mass is 285 g/mol. The molecule has 1 N–H and O–H groups in total. The van der Waals surface area contributed by atoms with Gasteiger partial charge in [-0.15, -0.1) is 0 Å². The molecule has 1 aromatic carbocycles. The van der Waals surface area contributed by atoms with Crippen LogP contribution in [0.1, 0.15) is 29.0 Å². The third-order valence-corrected chi connectivity index (χ3v) is 2.73. The van der Waals surface area contributed by atoms with Crippen LogP contribution in [0.3, 0.4) is 0 Å². The van der Waals surface area contributed by atoms with Gasteiger partial charge in [-0.25, -0.2) is 9.78 Å². The van der Waals surface area contributed by atoms with E-state index in [0.717, 1.165) is 0 Å². The number of benzene rings is 1. The van der Waals surface area contributed by atoms with Crippen LogP contribution in [0.5, 0.6) is 0 Å². The third-order valence-electron chi connectivity index (χ3n) is 2.73. The van der Waals surface area contributed by atoms with Crippen molar-refractivity contribution in [3.05, 3.63) is 60.2 Å². The van der Waals surface area contributed by atoms with Crippen LogP contribution in [-0.2, 0) is 9.53 Å². The van der Waals surface area contributed by atoms with Gasteiger partial charge in [0, 0.05) is 12.4 Å². The molecule has 2 rings (SSSR count). The molecule has 6 nitrogen and oxygen atoms in total. The number of aromatic nitrogens is 2. The summed E-state index contributed by atoms with van der Waals surface area (Å²) >= 11 is 0. The fourth-order valence-corrected chi connectivity index (χ4v) is 1.77. The Labute approximate surface area is 122 Å². The summed E-state index contributed by atoms with van der Waals surface area (Å²) in [6, 6.07) is 8.03. The van der Waals surface area contributed by atoms with Crippen molar-refractivity contribution in [2.24, 2.45) is 0 Å². The van der Waals surface area contributed by atoms with Crippen LogP contribution in [0.25, 0.3) is 0 Å². The fourth-order valence-electron chi connectivity index (χ4n) is 1.77. The van der Waals surface area contributed by atoms with Gasteiger partial charge in [0.25, 0.3) is 5.91 Å². The van der Waals surface area contributed by atoms with Gasteiger partial charge in [-0.3, -0.25) is 9.78 Å². The van der Waals surface area contributed by atoms with Gasteiger partial charge in [0.15, 0.2) is 6.04 Å². The van der Waals surface area contributed by atoms with Gasteiger partial charge in [0.05, 0.1) is 12.8 Å². The Morgan fingerprint density at radius 3 is 2.62 bits per heavy atom. The molecule has 0 aliphatic carbocycles.